The molecule has 0 radical (unpaired) electrons. The second-order valence-electron chi connectivity index (χ2n) is 4.25. The molecule has 0 aromatic rings. The maximum Gasteiger partial charge on any atom is 0.331 e. The summed E-state index contributed by atoms with van der Waals surface area (Å²) in [4.78, 5) is 33.3. The van der Waals surface area contributed by atoms with Crippen LogP contribution in [0.1, 0.15) is 39.5 Å². The van der Waals surface area contributed by atoms with Gasteiger partial charge in [0.25, 0.3) is 0 Å². The number of Topliss-reactive ketones (excluding diaryl/α,β-unsaturated/α-hetero) is 1. The number of rotatable bonds is 8. The molecule has 1 amide bonds. The molecule has 0 aliphatic rings. The third kappa shape index (κ3) is 8.50. The summed E-state index contributed by atoms with van der Waals surface area (Å²) in [6.45, 7) is 3.74. The van der Waals surface area contributed by atoms with Gasteiger partial charge in [-0.25, -0.2) is 4.79 Å². The van der Waals surface area contributed by atoms with Crippen LogP contribution >= 0.6 is 0 Å². The Hall–Kier alpha value is -1.65. The molecule has 0 bridgehead atoms. The number of nitrogens with one attached hydrogen (secondary N) is 1. The standard InChI is InChI=1S/C13H21NO4/c1-10(2)11(15)6-4-5-7-12(16)14-9-8-13(17)18-3/h8-10H,4-7H2,1-3H3,(H,14,16)/b9-8+. The minimum Gasteiger partial charge on any atom is -0.466 e. The second-order valence-corrected chi connectivity index (χ2v) is 4.25. The molecule has 5 heteroatoms. The number of unbranched alkanes of at least 4 members (excludes halogenated alkanes) is 1. The summed E-state index contributed by atoms with van der Waals surface area (Å²) in [7, 11) is 1.26. The fourth-order valence-corrected chi connectivity index (χ4v) is 1.22. The van der Waals surface area contributed by atoms with Gasteiger partial charge in [0, 0.05) is 31.0 Å². The van der Waals surface area contributed by atoms with Crippen molar-refractivity contribution in [1.82, 2.24) is 5.32 Å². The first-order valence-electron chi connectivity index (χ1n) is 6.04. The van der Waals surface area contributed by atoms with Crippen LogP contribution in [0.2, 0.25) is 0 Å². The Balaban J connectivity index is 3.63. The highest BCUT2D eigenvalue weighted by molar-refractivity contribution is 5.83. The second kappa shape index (κ2) is 9.39. The Morgan fingerprint density at radius 2 is 1.78 bits per heavy atom. The van der Waals surface area contributed by atoms with Crippen LogP contribution in [-0.2, 0) is 19.1 Å². The molecule has 0 rings (SSSR count). The fraction of sp³-hybridized carbons (Fsp3) is 0.615. The van der Waals surface area contributed by atoms with Gasteiger partial charge in [-0.05, 0) is 12.8 Å². The Kier molecular flexibility index (Phi) is 8.53. The normalized spacial score (nSPS) is 10.7. The monoisotopic (exact) mass is 255 g/mol. The summed E-state index contributed by atoms with van der Waals surface area (Å²) in [6.07, 6.45) is 4.63. The molecule has 18 heavy (non-hydrogen) atoms. The number of ketones is 1. The lowest BCUT2D eigenvalue weighted by Crippen LogP contribution is -2.17. The van der Waals surface area contributed by atoms with Crippen molar-refractivity contribution in [2.24, 2.45) is 5.92 Å². The van der Waals surface area contributed by atoms with Gasteiger partial charge in [-0.2, -0.15) is 0 Å². The Bertz CT molecular complexity index is 321. The van der Waals surface area contributed by atoms with Crippen molar-refractivity contribution >= 4 is 17.7 Å². The summed E-state index contributed by atoms with van der Waals surface area (Å²) in [6, 6.07) is 0. The number of amides is 1. The summed E-state index contributed by atoms with van der Waals surface area (Å²) in [5.74, 6) is -0.409. The maximum absolute atomic E-state index is 11.3. The van der Waals surface area contributed by atoms with Crippen LogP contribution in [0, 0.1) is 5.92 Å². The van der Waals surface area contributed by atoms with Gasteiger partial charge in [-0.15, -0.1) is 0 Å². The maximum atomic E-state index is 11.3. The van der Waals surface area contributed by atoms with Crippen molar-refractivity contribution in [1.29, 1.82) is 0 Å². The number of esters is 1. The molecular weight excluding hydrogens is 234 g/mol. The van der Waals surface area contributed by atoms with E-state index in [1.165, 1.54) is 13.3 Å². The van der Waals surface area contributed by atoms with E-state index in [0.717, 1.165) is 6.08 Å². The molecule has 0 heterocycles. The summed E-state index contributed by atoms with van der Waals surface area (Å²) < 4.78 is 4.36. The topological polar surface area (TPSA) is 72.5 Å². The zero-order valence-electron chi connectivity index (χ0n) is 11.2. The van der Waals surface area contributed by atoms with E-state index in [0.29, 0.717) is 25.7 Å². The molecule has 0 aromatic carbocycles. The highest BCUT2D eigenvalue weighted by atomic mass is 16.5. The average Bonchev–Trinajstić information content (AvgIpc) is 2.33. The van der Waals surface area contributed by atoms with Crippen molar-refractivity contribution in [3.63, 3.8) is 0 Å². The van der Waals surface area contributed by atoms with Crippen molar-refractivity contribution in [2.45, 2.75) is 39.5 Å². The lowest BCUT2D eigenvalue weighted by molar-refractivity contribution is -0.134. The molecule has 0 unspecified atom stereocenters. The number of hydrogen-bond donors (Lipinski definition) is 1. The fourth-order valence-electron chi connectivity index (χ4n) is 1.22. The average molecular weight is 255 g/mol. The summed E-state index contributed by atoms with van der Waals surface area (Å²) in [5, 5.41) is 2.45. The highest BCUT2D eigenvalue weighted by Gasteiger charge is 2.07. The quantitative estimate of drug-likeness (QED) is 0.406. The number of hydrogen-bond acceptors (Lipinski definition) is 4. The number of carbonyl (C=O) groups excluding carboxylic acids is 3. The first-order chi connectivity index (χ1) is 8.47. The lowest BCUT2D eigenvalue weighted by Gasteiger charge is -2.03. The van der Waals surface area contributed by atoms with Gasteiger partial charge in [0.2, 0.25) is 5.91 Å². The van der Waals surface area contributed by atoms with Gasteiger partial charge in [-0.3, -0.25) is 9.59 Å². The van der Waals surface area contributed by atoms with E-state index in [1.54, 1.807) is 0 Å². The van der Waals surface area contributed by atoms with Gasteiger partial charge < -0.3 is 10.1 Å². The predicted molar refractivity (Wildman–Crippen MR) is 67.6 cm³/mol. The molecule has 0 aliphatic heterocycles. The Morgan fingerprint density at radius 1 is 1.17 bits per heavy atom. The van der Waals surface area contributed by atoms with E-state index in [-0.39, 0.29) is 17.6 Å². The largest absolute Gasteiger partial charge is 0.466 e. The van der Waals surface area contributed by atoms with Gasteiger partial charge in [0.15, 0.2) is 0 Å². The molecule has 0 aromatic heterocycles. The van der Waals surface area contributed by atoms with Crippen LogP contribution in [0.25, 0.3) is 0 Å². The molecule has 0 spiro atoms. The molecule has 0 atom stereocenters. The molecule has 0 saturated heterocycles. The van der Waals surface area contributed by atoms with Crippen LogP contribution < -0.4 is 5.32 Å². The predicted octanol–water partition coefficient (Wildman–Crippen LogP) is 1.57. The molecule has 102 valence electrons. The van der Waals surface area contributed by atoms with E-state index < -0.39 is 5.97 Å². The SMILES string of the molecule is COC(=O)/C=C/NC(=O)CCCCC(=O)C(C)C. The molecule has 5 nitrogen and oxygen atoms in total. The van der Waals surface area contributed by atoms with E-state index in [2.05, 4.69) is 10.1 Å². The van der Waals surface area contributed by atoms with Crippen LogP contribution in [0.4, 0.5) is 0 Å². The zero-order chi connectivity index (χ0) is 14.0. The minimum atomic E-state index is -0.516. The van der Waals surface area contributed by atoms with Gasteiger partial charge >= 0.3 is 5.97 Å². The van der Waals surface area contributed by atoms with Crippen LogP contribution in [-0.4, -0.2) is 24.8 Å². The lowest BCUT2D eigenvalue weighted by atomic mass is 10.0. The van der Waals surface area contributed by atoms with Gasteiger partial charge in [0.05, 0.1) is 7.11 Å². The van der Waals surface area contributed by atoms with Crippen molar-refractivity contribution in [2.75, 3.05) is 7.11 Å². The third-order valence-corrected chi connectivity index (χ3v) is 2.39. The van der Waals surface area contributed by atoms with Crippen molar-refractivity contribution in [3.05, 3.63) is 12.3 Å². The highest BCUT2D eigenvalue weighted by Crippen LogP contribution is 2.05. The molecule has 0 aliphatic carbocycles. The summed E-state index contributed by atoms with van der Waals surface area (Å²) in [5.41, 5.74) is 0. The summed E-state index contributed by atoms with van der Waals surface area (Å²) >= 11 is 0. The minimum absolute atomic E-state index is 0.0572. The first kappa shape index (κ1) is 16.4. The van der Waals surface area contributed by atoms with Crippen molar-refractivity contribution < 1.29 is 19.1 Å². The van der Waals surface area contributed by atoms with Crippen LogP contribution in [0.5, 0.6) is 0 Å². The molecular formula is C13H21NO4. The first-order valence-corrected chi connectivity index (χ1v) is 6.04. The number of ether oxygens (including phenoxy) is 1. The van der Waals surface area contributed by atoms with E-state index >= 15 is 0 Å². The number of carbonyl (C=O) groups is 3. The third-order valence-electron chi connectivity index (χ3n) is 2.39. The Morgan fingerprint density at radius 3 is 2.33 bits per heavy atom. The van der Waals surface area contributed by atoms with Gasteiger partial charge in [0.1, 0.15) is 5.78 Å². The smallest absolute Gasteiger partial charge is 0.331 e. The molecule has 0 fully saturated rings. The molecule has 1 N–H and O–H groups in total. The van der Waals surface area contributed by atoms with Crippen molar-refractivity contribution in [3.8, 4) is 0 Å². The molecule has 0 saturated carbocycles. The van der Waals surface area contributed by atoms with Crippen LogP contribution in [0.15, 0.2) is 12.3 Å². The Labute approximate surface area is 108 Å². The zero-order valence-corrected chi connectivity index (χ0v) is 11.2. The number of methoxy groups -OCH3 is 1. The van der Waals surface area contributed by atoms with Gasteiger partial charge in [-0.1, -0.05) is 13.8 Å². The van der Waals surface area contributed by atoms with E-state index in [9.17, 15) is 14.4 Å². The van der Waals surface area contributed by atoms with E-state index in [4.69, 9.17) is 0 Å². The van der Waals surface area contributed by atoms with Crippen LogP contribution in [0.3, 0.4) is 0 Å². The van der Waals surface area contributed by atoms with E-state index in [1.807, 2.05) is 13.8 Å².